The van der Waals surface area contributed by atoms with Crippen LogP contribution in [0.2, 0.25) is 0 Å². The lowest BCUT2D eigenvalue weighted by atomic mass is 10.2. The van der Waals surface area contributed by atoms with Crippen molar-refractivity contribution in [2.75, 3.05) is 13.1 Å². The first-order valence-corrected chi connectivity index (χ1v) is 6.87. The quantitative estimate of drug-likeness (QED) is 0.785. The molecule has 1 atom stereocenters. The summed E-state index contributed by atoms with van der Waals surface area (Å²) in [6, 6.07) is 1.26. The first-order chi connectivity index (χ1) is 7.83. The van der Waals surface area contributed by atoms with Crippen LogP contribution in [0.5, 0.6) is 0 Å². The monoisotopic (exact) mass is 222 g/mol. The Morgan fingerprint density at radius 3 is 2.50 bits per heavy atom. The highest BCUT2D eigenvalue weighted by molar-refractivity contribution is 5.81. The molecule has 1 N–H and O–H groups in total. The molecule has 1 aliphatic heterocycles. The highest BCUT2D eigenvalue weighted by Gasteiger charge is 2.34. The molecule has 3 rings (SSSR count). The van der Waals surface area contributed by atoms with Gasteiger partial charge in [0.15, 0.2) is 0 Å². The molecule has 3 nitrogen and oxygen atoms in total. The van der Waals surface area contributed by atoms with Gasteiger partial charge in [-0.05, 0) is 32.1 Å². The number of carbonyl (C=O) groups excluding carboxylic acids is 1. The molecule has 1 unspecified atom stereocenters. The predicted octanol–water partition coefficient (Wildman–Crippen LogP) is 1.53. The van der Waals surface area contributed by atoms with Crippen LogP contribution in [0.4, 0.5) is 0 Å². The van der Waals surface area contributed by atoms with E-state index in [-0.39, 0.29) is 0 Å². The second-order valence-electron chi connectivity index (χ2n) is 5.70. The van der Waals surface area contributed by atoms with Crippen molar-refractivity contribution in [3.05, 3.63) is 0 Å². The number of hydrogen-bond donors (Lipinski definition) is 1. The number of nitrogens with one attached hydrogen (secondary N) is 1. The first-order valence-electron chi connectivity index (χ1n) is 6.87. The zero-order valence-electron chi connectivity index (χ0n) is 9.95. The Hall–Kier alpha value is -0.570. The van der Waals surface area contributed by atoms with Gasteiger partial charge in [0.05, 0.1) is 0 Å². The van der Waals surface area contributed by atoms with Crippen molar-refractivity contribution in [2.45, 2.75) is 57.0 Å². The summed E-state index contributed by atoms with van der Waals surface area (Å²) in [7, 11) is 0. The van der Waals surface area contributed by atoms with Gasteiger partial charge < -0.3 is 5.32 Å². The molecule has 3 fully saturated rings. The van der Waals surface area contributed by atoms with Crippen molar-refractivity contribution in [1.29, 1.82) is 0 Å². The molecule has 0 aromatic heterocycles. The smallest absolute Gasteiger partial charge is 0.223 e. The van der Waals surface area contributed by atoms with E-state index in [1.165, 1.54) is 32.2 Å². The molecule has 3 aliphatic rings. The van der Waals surface area contributed by atoms with E-state index in [4.69, 9.17) is 0 Å². The van der Waals surface area contributed by atoms with Crippen molar-refractivity contribution < 1.29 is 4.79 Å². The number of carbonyl (C=O) groups is 1. The van der Waals surface area contributed by atoms with E-state index in [2.05, 4.69) is 10.2 Å². The van der Waals surface area contributed by atoms with Gasteiger partial charge in [0.1, 0.15) is 0 Å². The van der Waals surface area contributed by atoms with Gasteiger partial charge >= 0.3 is 0 Å². The molecule has 90 valence electrons. The van der Waals surface area contributed by atoms with E-state index >= 15 is 0 Å². The fourth-order valence-corrected chi connectivity index (χ4v) is 3.17. The molecule has 16 heavy (non-hydrogen) atoms. The summed E-state index contributed by atoms with van der Waals surface area (Å²) >= 11 is 0. The van der Waals surface area contributed by atoms with Gasteiger partial charge in [-0.15, -0.1) is 0 Å². The molecule has 0 spiro atoms. The maximum atomic E-state index is 11.7. The van der Waals surface area contributed by atoms with Crippen molar-refractivity contribution in [3.8, 4) is 0 Å². The van der Waals surface area contributed by atoms with E-state index < -0.39 is 0 Å². The van der Waals surface area contributed by atoms with Crippen LogP contribution in [0, 0.1) is 5.92 Å². The maximum absolute atomic E-state index is 11.7. The van der Waals surface area contributed by atoms with Crippen LogP contribution in [-0.2, 0) is 4.79 Å². The Balaban J connectivity index is 1.46. The standard InChI is InChI=1S/C13H22N2O/c16-13(10-5-6-10)14-11-7-8-15(9-11)12-3-1-2-4-12/h10-12H,1-9H2,(H,14,16). The number of likely N-dealkylation sites (tertiary alicyclic amines) is 1. The van der Waals surface area contributed by atoms with Gasteiger partial charge in [-0.1, -0.05) is 12.8 Å². The van der Waals surface area contributed by atoms with Crippen LogP contribution in [0.25, 0.3) is 0 Å². The SMILES string of the molecule is O=C(NC1CCN(C2CCCC2)C1)C1CC1. The summed E-state index contributed by atoms with van der Waals surface area (Å²) in [6.45, 7) is 2.30. The molecule has 1 heterocycles. The van der Waals surface area contributed by atoms with E-state index in [9.17, 15) is 4.79 Å². The van der Waals surface area contributed by atoms with Crippen molar-refractivity contribution in [3.63, 3.8) is 0 Å². The molecule has 1 amide bonds. The Kier molecular flexibility index (Phi) is 2.88. The predicted molar refractivity (Wildman–Crippen MR) is 63.1 cm³/mol. The largest absolute Gasteiger partial charge is 0.352 e. The Bertz CT molecular complexity index is 269. The highest BCUT2D eigenvalue weighted by atomic mass is 16.2. The third kappa shape index (κ3) is 2.24. The summed E-state index contributed by atoms with van der Waals surface area (Å²) in [5, 5.41) is 3.21. The van der Waals surface area contributed by atoms with E-state index in [0.717, 1.165) is 31.8 Å². The topological polar surface area (TPSA) is 32.3 Å². The number of amides is 1. The first kappa shape index (κ1) is 10.6. The summed E-state index contributed by atoms with van der Waals surface area (Å²) in [5.41, 5.74) is 0. The molecule has 0 aromatic carbocycles. The Morgan fingerprint density at radius 2 is 1.81 bits per heavy atom. The normalized spacial score (nSPS) is 32.1. The number of nitrogens with zero attached hydrogens (tertiary/aromatic N) is 1. The van der Waals surface area contributed by atoms with E-state index in [1.807, 2.05) is 0 Å². The zero-order chi connectivity index (χ0) is 11.0. The van der Waals surface area contributed by atoms with Crippen LogP contribution < -0.4 is 5.32 Å². The second-order valence-corrected chi connectivity index (χ2v) is 5.70. The summed E-state index contributed by atoms with van der Waals surface area (Å²) < 4.78 is 0. The fraction of sp³-hybridized carbons (Fsp3) is 0.923. The minimum Gasteiger partial charge on any atom is -0.352 e. The average Bonchev–Trinajstić information content (AvgIpc) is 2.80. The average molecular weight is 222 g/mol. The number of rotatable bonds is 3. The summed E-state index contributed by atoms with van der Waals surface area (Å²) in [4.78, 5) is 14.3. The molecule has 1 saturated heterocycles. The molecule has 2 aliphatic carbocycles. The zero-order valence-corrected chi connectivity index (χ0v) is 9.95. The van der Waals surface area contributed by atoms with E-state index in [1.54, 1.807) is 0 Å². The van der Waals surface area contributed by atoms with Gasteiger partial charge in [0.25, 0.3) is 0 Å². The second kappa shape index (κ2) is 4.36. The van der Waals surface area contributed by atoms with Gasteiger partial charge in [0.2, 0.25) is 5.91 Å². The third-order valence-corrected chi connectivity index (χ3v) is 4.36. The fourth-order valence-electron chi connectivity index (χ4n) is 3.17. The molecule has 3 heteroatoms. The van der Waals surface area contributed by atoms with Crippen molar-refractivity contribution in [1.82, 2.24) is 10.2 Å². The Labute approximate surface area is 97.6 Å². The minimum atomic E-state index is 0.318. The third-order valence-electron chi connectivity index (χ3n) is 4.36. The minimum absolute atomic E-state index is 0.318. The highest BCUT2D eigenvalue weighted by Crippen LogP contribution is 2.30. The van der Waals surface area contributed by atoms with Crippen LogP contribution in [0.15, 0.2) is 0 Å². The van der Waals surface area contributed by atoms with Gasteiger partial charge in [-0.3, -0.25) is 9.69 Å². The lowest BCUT2D eigenvalue weighted by Gasteiger charge is -2.23. The molecule has 0 aromatic rings. The summed E-state index contributed by atoms with van der Waals surface area (Å²) in [6.07, 6.45) is 8.96. The van der Waals surface area contributed by atoms with Crippen LogP contribution in [0.3, 0.4) is 0 Å². The summed E-state index contributed by atoms with van der Waals surface area (Å²) in [5.74, 6) is 0.679. The Morgan fingerprint density at radius 1 is 1.06 bits per heavy atom. The van der Waals surface area contributed by atoms with Gasteiger partial charge in [-0.25, -0.2) is 0 Å². The maximum Gasteiger partial charge on any atom is 0.223 e. The van der Waals surface area contributed by atoms with Crippen molar-refractivity contribution in [2.24, 2.45) is 5.92 Å². The van der Waals surface area contributed by atoms with Crippen LogP contribution >= 0.6 is 0 Å². The lowest BCUT2D eigenvalue weighted by molar-refractivity contribution is -0.122. The van der Waals surface area contributed by atoms with E-state index in [0.29, 0.717) is 17.9 Å². The molecule has 2 saturated carbocycles. The van der Waals surface area contributed by atoms with Gasteiger partial charge in [0, 0.05) is 31.1 Å². The van der Waals surface area contributed by atoms with Gasteiger partial charge in [-0.2, -0.15) is 0 Å². The van der Waals surface area contributed by atoms with Crippen LogP contribution in [-0.4, -0.2) is 36.0 Å². The number of hydrogen-bond acceptors (Lipinski definition) is 2. The van der Waals surface area contributed by atoms with Crippen LogP contribution in [0.1, 0.15) is 44.9 Å². The molecular weight excluding hydrogens is 200 g/mol. The van der Waals surface area contributed by atoms with Crippen molar-refractivity contribution >= 4 is 5.91 Å². The molecule has 0 bridgehead atoms. The lowest BCUT2D eigenvalue weighted by Crippen LogP contribution is -2.39. The molecular formula is C13H22N2O. The molecule has 0 radical (unpaired) electrons.